The van der Waals surface area contributed by atoms with Crippen LogP contribution in [-0.2, 0) is 6.42 Å². The summed E-state index contributed by atoms with van der Waals surface area (Å²) in [5.74, 6) is 2.18. The molecule has 0 bridgehead atoms. The quantitative estimate of drug-likeness (QED) is 0.520. The van der Waals surface area contributed by atoms with Gasteiger partial charge in [0.1, 0.15) is 0 Å². The molecule has 2 aromatic rings. The Morgan fingerprint density at radius 3 is 2.28 bits per heavy atom. The lowest BCUT2D eigenvalue weighted by Gasteiger charge is -2.28. The van der Waals surface area contributed by atoms with E-state index >= 15 is 0 Å². The van der Waals surface area contributed by atoms with Gasteiger partial charge in [-0.2, -0.15) is 0 Å². The number of nitrogens with zero attached hydrogens (tertiary/aromatic N) is 2. The number of alkyl halides is 2. The van der Waals surface area contributed by atoms with Crippen LogP contribution in [0.2, 0.25) is 0 Å². The van der Waals surface area contributed by atoms with Crippen molar-refractivity contribution in [2.45, 2.75) is 50.9 Å². The van der Waals surface area contributed by atoms with Gasteiger partial charge in [-0.15, -0.1) is 0 Å². The van der Waals surface area contributed by atoms with E-state index in [2.05, 4.69) is 50.2 Å². The zero-order valence-electron chi connectivity index (χ0n) is 14.6. The summed E-state index contributed by atoms with van der Waals surface area (Å²) in [6, 6.07) is 8.75. The Kier molecular flexibility index (Phi) is 6.97. The van der Waals surface area contributed by atoms with Gasteiger partial charge in [0.25, 0.3) is 0 Å². The lowest BCUT2D eigenvalue weighted by molar-refractivity contribution is 0.293. The Morgan fingerprint density at radius 2 is 1.68 bits per heavy atom. The predicted octanol–water partition coefficient (Wildman–Crippen LogP) is 6.10. The van der Waals surface area contributed by atoms with Crippen molar-refractivity contribution in [2.24, 2.45) is 5.92 Å². The van der Waals surface area contributed by atoms with E-state index in [0.29, 0.717) is 5.92 Å². The first-order chi connectivity index (χ1) is 12.3. The third-order valence-electron chi connectivity index (χ3n) is 5.32. The summed E-state index contributed by atoms with van der Waals surface area (Å²) in [5, 5.41) is 0.931. The fourth-order valence-electron chi connectivity index (χ4n) is 3.80. The third kappa shape index (κ3) is 5.10. The molecule has 0 saturated heterocycles. The van der Waals surface area contributed by atoms with Gasteiger partial charge in [-0.3, -0.25) is 4.39 Å². The molecule has 25 heavy (non-hydrogen) atoms. The van der Waals surface area contributed by atoms with Gasteiger partial charge in [0.2, 0.25) is 0 Å². The Balaban J connectivity index is 1.59. The smallest absolute Gasteiger partial charge is 0.159 e. The highest BCUT2D eigenvalue weighted by atomic mass is 79.9. The van der Waals surface area contributed by atoms with Crippen LogP contribution in [0.5, 0.6) is 0 Å². The molecule has 1 heterocycles. The molecule has 0 atom stereocenters. The summed E-state index contributed by atoms with van der Waals surface area (Å²) in [6.45, 7) is -0.166. The van der Waals surface area contributed by atoms with E-state index in [1.807, 2.05) is 12.4 Å². The number of aryl methyl sites for hydroxylation is 1. The van der Waals surface area contributed by atoms with Crippen molar-refractivity contribution < 1.29 is 4.39 Å². The highest BCUT2D eigenvalue weighted by molar-refractivity contribution is 9.09. The van der Waals surface area contributed by atoms with Crippen molar-refractivity contribution in [1.29, 1.82) is 0 Å². The maximum absolute atomic E-state index is 12.3. The largest absolute Gasteiger partial charge is 0.251 e. The SMILES string of the molecule is FCCC[C@H]1CC[C@H](c2ccc(-c3ncc(CCBr)cn3)cc2)CC1. The van der Waals surface area contributed by atoms with Gasteiger partial charge in [0.15, 0.2) is 5.82 Å². The number of halogens is 2. The molecule has 1 aliphatic carbocycles. The van der Waals surface area contributed by atoms with Gasteiger partial charge in [-0.1, -0.05) is 40.2 Å². The normalized spacial score (nSPS) is 20.6. The fraction of sp³-hybridized carbons (Fsp3) is 0.524. The summed E-state index contributed by atoms with van der Waals surface area (Å²) in [6.07, 6.45) is 11.5. The van der Waals surface area contributed by atoms with Gasteiger partial charge in [0.05, 0.1) is 6.67 Å². The molecule has 0 spiro atoms. The topological polar surface area (TPSA) is 25.8 Å². The average Bonchev–Trinajstić information content (AvgIpc) is 2.68. The standard InChI is InChI=1S/C21H26BrFN2/c22-12-11-17-14-24-21(25-15-17)20-9-7-19(8-10-20)18-5-3-16(4-6-18)2-1-13-23/h7-10,14-16,18H,1-6,11-13H2/t16-,18-. The van der Waals surface area contributed by atoms with Crippen molar-refractivity contribution >= 4 is 15.9 Å². The highest BCUT2D eigenvalue weighted by Crippen LogP contribution is 2.37. The maximum Gasteiger partial charge on any atom is 0.159 e. The molecule has 0 unspecified atom stereocenters. The second kappa shape index (κ2) is 9.42. The number of hydrogen-bond acceptors (Lipinski definition) is 2. The van der Waals surface area contributed by atoms with E-state index in [0.717, 1.165) is 47.5 Å². The Bertz CT molecular complexity index is 634. The van der Waals surface area contributed by atoms with Gasteiger partial charge in [-0.25, -0.2) is 9.97 Å². The number of aromatic nitrogens is 2. The Morgan fingerprint density at radius 1 is 1.00 bits per heavy atom. The van der Waals surface area contributed by atoms with E-state index in [-0.39, 0.29) is 6.67 Å². The van der Waals surface area contributed by atoms with Crippen LogP contribution in [0.3, 0.4) is 0 Å². The van der Waals surface area contributed by atoms with Gasteiger partial charge >= 0.3 is 0 Å². The molecule has 1 aromatic heterocycles. The Hall–Kier alpha value is -1.29. The molecule has 1 aliphatic rings. The van der Waals surface area contributed by atoms with Crippen molar-refractivity contribution in [3.63, 3.8) is 0 Å². The molecule has 0 aliphatic heterocycles. The molecule has 3 rings (SSSR count). The van der Waals surface area contributed by atoms with Gasteiger partial charge in [0, 0.05) is 23.3 Å². The van der Waals surface area contributed by atoms with Crippen LogP contribution in [0.15, 0.2) is 36.7 Å². The molecule has 1 aromatic carbocycles. The number of benzene rings is 1. The highest BCUT2D eigenvalue weighted by Gasteiger charge is 2.22. The molecular formula is C21H26BrFN2. The minimum absolute atomic E-state index is 0.166. The maximum atomic E-state index is 12.3. The van der Waals surface area contributed by atoms with E-state index in [4.69, 9.17) is 0 Å². The minimum Gasteiger partial charge on any atom is -0.251 e. The fourth-order valence-corrected chi connectivity index (χ4v) is 4.25. The monoisotopic (exact) mass is 404 g/mol. The first kappa shape index (κ1) is 18.5. The van der Waals surface area contributed by atoms with E-state index in [1.54, 1.807) is 0 Å². The average molecular weight is 405 g/mol. The molecule has 0 N–H and O–H groups in total. The summed E-state index contributed by atoms with van der Waals surface area (Å²) in [7, 11) is 0. The molecule has 1 saturated carbocycles. The third-order valence-corrected chi connectivity index (χ3v) is 5.72. The summed E-state index contributed by atoms with van der Waals surface area (Å²) in [4.78, 5) is 8.97. The first-order valence-electron chi connectivity index (χ1n) is 9.33. The van der Waals surface area contributed by atoms with Crippen molar-refractivity contribution in [3.05, 3.63) is 47.8 Å². The van der Waals surface area contributed by atoms with E-state index in [9.17, 15) is 4.39 Å². The van der Waals surface area contributed by atoms with Crippen LogP contribution in [0.4, 0.5) is 4.39 Å². The van der Waals surface area contributed by atoms with Crippen LogP contribution in [-0.4, -0.2) is 22.0 Å². The van der Waals surface area contributed by atoms with E-state index < -0.39 is 0 Å². The Labute approximate surface area is 158 Å². The first-order valence-corrected chi connectivity index (χ1v) is 10.5. The zero-order chi connectivity index (χ0) is 17.5. The second-order valence-corrected chi connectivity index (χ2v) is 7.82. The molecule has 2 nitrogen and oxygen atoms in total. The van der Waals surface area contributed by atoms with Crippen LogP contribution in [0.1, 0.15) is 55.6 Å². The molecule has 0 amide bonds. The van der Waals surface area contributed by atoms with Crippen LogP contribution in [0, 0.1) is 5.92 Å². The van der Waals surface area contributed by atoms with Crippen LogP contribution >= 0.6 is 15.9 Å². The zero-order valence-corrected chi connectivity index (χ0v) is 16.2. The van der Waals surface area contributed by atoms with Gasteiger partial charge in [-0.05, 0) is 67.9 Å². The summed E-state index contributed by atoms with van der Waals surface area (Å²) >= 11 is 3.44. The molecular weight excluding hydrogens is 379 g/mol. The second-order valence-electron chi connectivity index (χ2n) is 7.02. The summed E-state index contributed by atoms with van der Waals surface area (Å²) in [5.41, 5.74) is 3.65. The van der Waals surface area contributed by atoms with Crippen LogP contribution in [0.25, 0.3) is 11.4 Å². The minimum atomic E-state index is -0.166. The molecule has 134 valence electrons. The summed E-state index contributed by atoms with van der Waals surface area (Å²) < 4.78 is 12.3. The molecule has 4 heteroatoms. The van der Waals surface area contributed by atoms with E-state index in [1.165, 1.54) is 31.2 Å². The van der Waals surface area contributed by atoms with Crippen molar-refractivity contribution in [3.8, 4) is 11.4 Å². The molecule has 0 radical (unpaired) electrons. The lowest BCUT2D eigenvalue weighted by Crippen LogP contribution is -2.13. The molecule has 1 fully saturated rings. The lowest BCUT2D eigenvalue weighted by atomic mass is 9.77. The number of hydrogen-bond donors (Lipinski definition) is 0. The van der Waals surface area contributed by atoms with Crippen molar-refractivity contribution in [2.75, 3.05) is 12.0 Å². The van der Waals surface area contributed by atoms with Crippen LogP contribution < -0.4 is 0 Å². The van der Waals surface area contributed by atoms with Gasteiger partial charge < -0.3 is 0 Å². The number of rotatable bonds is 7. The van der Waals surface area contributed by atoms with Crippen molar-refractivity contribution in [1.82, 2.24) is 9.97 Å². The predicted molar refractivity (Wildman–Crippen MR) is 105 cm³/mol.